The van der Waals surface area contributed by atoms with Crippen LogP contribution in [0.2, 0.25) is 0 Å². The Bertz CT molecular complexity index is 559. The molecule has 0 radical (unpaired) electrons. The number of benzene rings is 1. The molecule has 0 spiro atoms. The van der Waals surface area contributed by atoms with E-state index in [4.69, 9.17) is 0 Å². The van der Waals surface area contributed by atoms with Crippen molar-refractivity contribution in [3.63, 3.8) is 0 Å². The quantitative estimate of drug-likeness (QED) is 0.777. The first-order valence-electron chi connectivity index (χ1n) is 6.83. The van der Waals surface area contributed by atoms with Crippen LogP contribution in [0.25, 0.3) is 10.9 Å². The largest absolute Gasteiger partial charge is 0.358 e. The fourth-order valence-electron chi connectivity index (χ4n) is 3.08. The molecule has 1 unspecified atom stereocenters. The minimum atomic E-state index is -0.149. The van der Waals surface area contributed by atoms with Crippen LogP contribution >= 0.6 is 0 Å². The lowest BCUT2D eigenvalue weighted by atomic mass is 10.0. The number of aryl methyl sites for hydroxylation is 1. The maximum absolute atomic E-state index is 13.5. The van der Waals surface area contributed by atoms with Crippen LogP contribution < -0.4 is 5.32 Å². The summed E-state index contributed by atoms with van der Waals surface area (Å²) in [5.41, 5.74) is 3.65. The van der Waals surface area contributed by atoms with Gasteiger partial charge in [-0.3, -0.25) is 0 Å². The summed E-state index contributed by atoms with van der Waals surface area (Å²) >= 11 is 0. The monoisotopic (exact) mass is 246 g/mol. The highest BCUT2D eigenvalue weighted by atomic mass is 19.1. The Morgan fingerprint density at radius 3 is 3.11 bits per heavy atom. The summed E-state index contributed by atoms with van der Waals surface area (Å²) in [5, 5.41) is 4.59. The highest BCUT2D eigenvalue weighted by molar-refractivity contribution is 5.85. The SMILES string of the molecule is CCNC1CCCCc2[nH]c3ccc(F)cc3c21. The predicted octanol–water partition coefficient (Wildman–Crippen LogP) is 3.68. The Labute approximate surface area is 107 Å². The van der Waals surface area contributed by atoms with E-state index in [0.717, 1.165) is 30.3 Å². The van der Waals surface area contributed by atoms with Crippen molar-refractivity contribution in [3.8, 4) is 0 Å². The molecule has 18 heavy (non-hydrogen) atoms. The highest BCUT2D eigenvalue weighted by Crippen LogP contribution is 2.34. The average molecular weight is 246 g/mol. The second-order valence-electron chi connectivity index (χ2n) is 5.06. The summed E-state index contributed by atoms with van der Waals surface area (Å²) in [6.07, 6.45) is 4.67. The van der Waals surface area contributed by atoms with Crippen molar-refractivity contribution in [1.82, 2.24) is 10.3 Å². The first-order chi connectivity index (χ1) is 8.79. The predicted molar refractivity (Wildman–Crippen MR) is 72.2 cm³/mol. The molecule has 1 heterocycles. The van der Waals surface area contributed by atoms with E-state index in [0.29, 0.717) is 6.04 Å². The molecule has 2 aromatic rings. The van der Waals surface area contributed by atoms with Gasteiger partial charge < -0.3 is 10.3 Å². The molecule has 1 aliphatic rings. The lowest BCUT2D eigenvalue weighted by Gasteiger charge is -2.16. The van der Waals surface area contributed by atoms with Crippen molar-refractivity contribution in [2.45, 2.75) is 38.6 Å². The Balaban J connectivity index is 2.17. The van der Waals surface area contributed by atoms with E-state index in [2.05, 4.69) is 17.2 Å². The Morgan fingerprint density at radius 2 is 2.28 bits per heavy atom. The smallest absolute Gasteiger partial charge is 0.123 e. The molecule has 96 valence electrons. The van der Waals surface area contributed by atoms with E-state index in [1.807, 2.05) is 6.07 Å². The third kappa shape index (κ3) is 1.93. The molecule has 1 aliphatic carbocycles. The standard InChI is InChI=1S/C15H19FN2/c1-2-17-13-5-3-4-6-14-15(13)11-9-10(16)7-8-12(11)18-14/h7-9,13,17-18H,2-6H2,1H3. The normalized spacial score (nSPS) is 19.8. The lowest BCUT2D eigenvalue weighted by Crippen LogP contribution is -2.20. The fourth-order valence-corrected chi connectivity index (χ4v) is 3.08. The number of aromatic nitrogens is 1. The second-order valence-corrected chi connectivity index (χ2v) is 5.06. The van der Waals surface area contributed by atoms with E-state index in [-0.39, 0.29) is 5.82 Å². The van der Waals surface area contributed by atoms with Crippen LogP contribution in [-0.4, -0.2) is 11.5 Å². The van der Waals surface area contributed by atoms with Crippen molar-refractivity contribution >= 4 is 10.9 Å². The van der Waals surface area contributed by atoms with Crippen LogP contribution in [0.4, 0.5) is 4.39 Å². The zero-order valence-electron chi connectivity index (χ0n) is 10.7. The van der Waals surface area contributed by atoms with Crippen molar-refractivity contribution in [2.24, 2.45) is 0 Å². The molecule has 0 amide bonds. The second kappa shape index (κ2) is 4.73. The average Bonchev–Trinajstić information content (AvgIpc) is 2.59. The van der Waals surface area contributed by atoms with Crippen LogP contribution in [0, 0.1) is 5.82 Å². The molecule has 3 rings (SSSR count). The van der Waals surface area contributed by atoms with Gasteiger partial charge in [0.2, 0.25) is 0 Å². The van der Waals surface area contributed by atoms with Gasteiger partial charge in [0.05, 0.1) is 0 Å². The number of aromatic amines is 1. The molecule has 0 fully saturated rings. The van der Waals surface area contributed by atoms with E-state index >= 15 is 0 Å². The van der Waals surface area contributed by atoms with Crippen molar-refractivity contribution in [1.29, 1.82) is 0 Å². The number of halogens is 1. The number of nitrogens with one attached hydrogen (secondary N) is 2. The molecule has 3 heteroatoms. The van der Waals surface area contributed by atoms with Gasteiger partial charge in [0.25, 0.3) is 0 Å². The molecule has 1 atom stereocenters. The van der Waals surface area contributed by atoms with Crippen LogP contribution in [0.3, 0.4) is 0 Å². The number of hydrogen-bond acceptors (Lipinski definition) is 1. The molecular formula is C15H19FN2. The van der Waals surface area contributed by atoms with Gasteiger partial charge in [0, 0.05) is 22.6 Å². The molecule has 0 aliphatic heterocycles. The summed E-state index contributed by atoms with van der Waals surface area (Å²) in [4.78, 5) is 3.46. The number of rotatable bonds is 2. The van der Waals surface area contributed by atoms with Crippen LogP contribution in [0.5, 0.6) is 0 Å². The maximum Gasteiger partial charge on any atom is 0.123 e. The molecule has 0 bridgehead atoms. The molecule has 0 saturated heterocycles. The van der Waals surface area contributed by atoms with E-state index in [9.17, 15) is 4.39 Å². The molecule has 2 N–H and O–H groups in total. The molecule has 1 aromatic heterocycles. The zero-order valence-corrected chi connectivity index (χ0v) is 10.7. The summed E-state index contributed by atoms with van der Waals surface area (Å²) in [6, 6.07) is 5.41. The number of hydrogen-bond donors (Lipinski definition) is 2. The van der Waals surface area contributed by atoms with Crippen LogP contribution in [0.15, 0.2) is 18.2 Å². The van der Waals surface area contributed by atoms with Gasteiger partial charge in [-0.25, -0.2) is 4.39 Å². The molecule has 0 saturated carbocycles. The van der Waals surface area contributed by atoms with Crippen LogP contribution in [-0.2, 0) is 6.42 Å². The number of fused-ring (bicyclic) bond motifs is 3. The molecule has 1 aromatic carbocycles. The zero-order chi connectivity index (χ0) is 12.5. The van der Waals surface area contributed by atoms with Crippen molar-refractivity contribution in [3.05, 3.63) is 35.3 Å². The topological polar surface area (TPSA) is 27.8 Å². The minimum Gasteiger partial charge on any atom is -0.358 e. The van der Waals surface area contributed by atoms with Gasteiger partial charge >= 0.3 is 0 Å². The maximum atomic E-state index is 13.5. The van der Waals surface area contributed by atoms with E-state index in [1.54, 1.807) is 6.07 Å². The first-order valence-corrected chi connectivity index (χ1v) is 6.83. The van der Waals surface area contributed by atoms with E-state index < -0.39 is 0 Å². The highest BCUT2D eigenvalue weighted by Gasteiger charge is 2.22. The summed E-state index contributed by atoms with van der Waals surface area (Å²) in [7, 11) is 0. The third-order valence-electron chi connectivity index (χ3n) is 3.85. The Morgan fingerprint density at radius 1 is 1.39 bits per heavy atom. The first kappa shape index (κ1) is 11.7. The Hall–Kier alpha value is -1.35. The molecule has 2 nitrogen and oxygen atoms in total. The van der Waals surface area contributed by atoms with Crippen molar-refractivity contribution in [2.75, 3.05) is 6.54 Å². The van der Waals surface area contributed by atoms with Gasteiger partial charge in [-0.1, -0.05) is 13.3 Å². The minimum absolute atomic E-state index is 0.149. The fraction of sp³-hybridized carbons (Fsp3) is 0.467. The van der Waals surface area contributed by atoms with Gasteiger partial charge in [0.15, 0.2) is 0 Å². The van der Waals surface area contributed by atoms with Gasteiger partial charge in [0.1, 0.15) is 5.82 Å². The van der Waals surface area contributed by atoms with Crippen molar-refractivity contribution < 1.29 is 4.39 Å². The third-order valence-corrected chi connectivity index (χ3v) is 3.85. The van der Waals surface area contributed by atoms with Gasteiger partial charge in [-0.2, -0.15) is 0 Å². The summed E-state index contributed by atoms with van der Waals surface area (Å²) < 4.78 is 13.5. The Kier molecular flexibility index (Phi) is 3.08. The lowest BCUT2D eigenvalue weighted by molar-refractivity contribution is 0.506. The molecular weight excluding hydrogens is 227 g/mol. The van der Waals surface area contributed by atoms with Gasteiger partial charge in [-0.05, 0) is 49.6 Å². The van der Waals surface area contributed by atoms with Crippen LogP contribution in [0.1, 0.15) is 43.5 Å². The van der Waals surface area contributed by atoms with E-state index in [1.165, 1.54) is 30.2 Å². The number of H-pyrrole nitrogens is 1. The summed E-state index contributed by atoms with van der Waals surface area (Å²) in [5.74, 6) is -0.149. The summed E-state index contributed by atoms with van der Waals surface area (Å²) in [6.45, 7) is 3.08. The van der Waals surface area contributed by atoms with Gasteiger partial charge in [-0.15, -0.1) is 0 Å².